The van der Waals surface area contributed by atoms with Crippen molar-refractivity contribution in [3.63, 3.8) is 0 Å². The zero-order chi connectivity index (χ0) is 17.8. The van der Waals surface area contributed by atoms with Gasteiger partial charge in [0.25, 0.3) is 0 Å². The second-order valence-electron chi connectivity index (χ2n) is 5.48. The number of esters is 1. The number of rotatable bonds is 5. The Hall–Kier alpha value is -2.60. The van der Waals surface area contributed by atoms with Crippen LogP contribution in [0.25, 0.3) is 0 Å². The van der Waals surface area contributed by atoms with Crippen LogP contribution in [-0.4, -0.2) is 25.1 Å². The number of carbonyl (C=O) groups is 2. The van der Waals surface area contributed by atoms with Crippen molar-refractivity contribution in [1.82, 2.24) is 0 Å². The predicted molar refractivity (Wildman–Crippen MR) is 90.3 cm³/mol. The molecule has 2 aromatic carbocycles. The van der Waals surface area contributed by atoms with Gasteiger partial charge >= 0.3 is 5.97 Å². The lowest BCUT2D eigenvalue weighted by atomic mass is 9.90. The van der Waals surface area contributed by atoms with Gasteiger partial charge in [-0.1, -0.05) is 29.8 Å². The molecule has 1 unspecified atom stereocenters. The fourth-order valence-electron chi connectivity index (χ4n) is 2.60. The summed E-state index contributed by atoms with van der Waals surface area (Å²) >= 11 is 5.96. The number of para-hydroxylation sites is 1. The van der Waals surface area contributed by atoms with E-state index in [9.17, 15) is 14.0 Å². The Morgan fingerprint density at radius 1 is 1.24 bits per heavy atom. The molecule has 0 spiro atoms. The van der Waals surface area contributed by atoms with Crippen molar-refractivity contribution in [2.75, 3.05) is 18.5 Å². The van der Waals surface area contributed by atoms with Gasteiger partial charge in [0.1, 0.15) is 24.8 Å². The summed E-state index contributed by atoms with van der Waals surface area (Å²) in [6.07, 6.45) is -0.0389. The highest BCUT2D eigenvalue weighted by atomic mass is 35.5. The molecule has 1 amide bonds. The maximum Gasteiger partial charge on any atom is 0.314 e. The molecular formula is C18H15ClFNO4. The standard InChI is InChI=1S/C18H15ClFNO4/c19-14-3-1-2-4-16(14)24-7-8-25-18(23)13-10-17(22)21-15-9-11(20)5-6-12(13)15/h1-6,9,13H,7-8,10H2,(H,21,22). The number of nitrogens with one attached hydrogen (secondary N) is 1. The SMILES string of the molecule is O=C1CC(C(=O)OCCOc2ccccc2Cl)c2ccc(F)cc2N1. The van der Waals surface area contributed by atoms with Gasteiger partial charge in [0, 0.05) is 12.1 Å². The topological polar surface area (TPSA) is 64.6 Å². The third-order valence-corrected chi connectivity index (χ3v) is 4.07. The zero-order valence-electron chi connectivity index (χ0n) is 13.1. The summed E-state index contributed by atoms with van der Waals surface area (Å²) in [5, 5.41) is 3.02. The predicted octanol–water partition coefficient (Wildman–Crippen LogP) is 3.53. The highest BCUT2D eigenvalue weighted by Crippen LogP contribution is 2.33. The van der Waals surface area contributed by atoms with Gasteiger partial charge in [0.05, 0.1) is 10.9 Å². The number of hydrogen-bond donors (Lipinski definition) is 1. The number of carbonyl (C=O) groups excluding carboxylic acids is 2. The number of benzene rings is 2. The van der Waals surface area contributed by atoms with E-state index >= 15 is 0 Å². The van der Waals surface area contributed by atoms with Crippen LogP contribution in [0.15, 0.2) is 42.5 Å². The van der Waals surface area contributed by atoms with Crippen LogP contribution in [0.3, 0.4) is 0 Å². The molecule has 5 nitrogen and oxygen atoms in total. The second-order valence-corrected chi connectivity index (χ2v) is 5.89. The Morgan fingerprint density at radius 2 is 2.04 bits per heavy atom. The van der Waals surface area contributed by atoms with Crippen molar-refractivity contribution < 1.29 is 23.5 Å². The molecular weight excluding hydrogens is 349 g/mol. The summed E-state index contributed by atoms with van der Waals surface area (Å²) in [6.45, 7) is 0.142. The maximum atomic E-state index is 13.3. The molecule has 0 aliphatic carbocycles. The minimum Gasteiger partial charge on any atom is -0.488 e. The normalized spacial score (nSPS) is 15.9. The van der Waals surface area contributed by atoms with Crippen molar-refractivity contribution in [3.05, 3.63) is 58.9 Å². The second kappa shape index (κ2) is 7.53. The van der Waals surface area contributed by atoms with Crippen molar-refractivity contribution in [2.45, 2.75) is 12.3 Å². The van der Waals surface area contributed by atoms with Gasteiger partial charge in [-0.05, 0) is 29.8 Å². The number of ether oxygens (including phenoxy) is 2. The highest BCUT2D eigenvalue weighted by molar-refractivity contribution is 6.32. The maximum absolute atomic E-state index is 13.3. The first-order valence-electron chi connectivity index (χ1n) is 7.68. The fraction of sp³-hybridized carbons (Fsp3) is 0.222. The quantitative estimate of drug-likeness (QED) is 0.652. The lowest BCUT2D eigenvalue weighted by molar-refractivity contribution is -0.147. The Morgan fingerprint density at radius 3 is 2.84 bits per heavy atom. The average molecular weight is 364 g/mol. The molecule has 1 atom stereocenters. The molecule has 1 aliphatic heterocycles. The monoisotopic (exact) mass is 363 g/mol. The Labute approximate surface area is 148 Å². The molecule has 7 heteroatoms. The van der Waals surface area contributed by atoms with Crippen LogP contribution in [0.1, 0.15) is 17.9 Å². The molecule has 0 bridgehead atoms. The van der Waals surface area contributed by atoms with Crippen LogP contribution in [0.4, 0.5) is 10.1 Å². The first-order valence-corrected chi connectivity index (χ1v) is 8.05. The number of hydrogen-bond acceptors (Lipinski definition) is 4. The van der Waals surface area contributed by atoms with E-state index < -0.39 is 17.7 Å². The van der Waals surface area contributed by atoms with Crippen LogP contribution in [0.5, 0.6) is 5.75 Å². The van der Waals surface area contributed by atoms with Crippen LogP contribution in [0, 0.1) is 5.82 Å². The molecule has 1 heterocycles. The summed E-state index contributed by atoms with van der Waals surface area (Å²) in [5.41, 5.74) is 0.837. The van der Waals surface area contributed by atoms with E-state index in [-0.39, 0.29) is 25.5 Å². The van der Waals surface area contributed by atoms with Crippen molar-refractivity contribution in [3.8, 4) is 5.75 Å². The molecule has 2 aromatic rings. The number of anilines is 1. The van der Waals surface area contributed by atoms with Crippen molar-refractivity contribution in [1.29, 1.82) is 0 Å². The van der Waals surface area contributed by atoms with E-state index in [2.05, 4.69) is 5.32 Å². The third kappa shape index (κ3) is 4.09. The first-order chi connectivity index (χ1) is 12.0. The van der Waals surface area contributed by atoms with E-state index in [1.165, 1.54) is 18.2 Å². The molecule has 0 radical (unpaired) electrons. The van der Waals surface area contributed by atoms with Gasteiger partial charge in [-0.25, -0.2) is 4.39 Å². The molecule has 0 fully saturated rings. The van der Waals surface area contributed by atoms with Gasteiger partial charge in [0.15, 0.2) is 0 Å². The highest BCUT2D eigenvalue weighted by Gasteiger charge is 2.32. The smallest absolute Gasteiger partial charge is 0.314 e. The molecule has 1 aliphatic rings. The summed E-state index contributed by atoms with van der Waals surface area (Å²) < 4.78 is 23.9. The summed E-state index contributed by atoms with van der Waals surface area (Å²) in [6, 6.07) is 10.9. The van der Waals surface area contributed by atoms with Gasteiger partial charge < -0.3 is 14.8 Å². The number of amides is 1. The molecule has 1 N–H and O–H groups in total. The minimum absolute atomic E-state index is 0.0126. The van der Waals surface area contributed by atoms with Gasteiger partial charge in [-0.15, -0.1) is 0 Å². The fourth-order valence-corrected chi connectivity index (χ4v) is 2.79. The third-order valence-electron chi connectivity index (χ3n) is 3.76. The first kappa shape index (κ1) is 17.2. The van der Waals surface area contributed by atoms with E-state index in [1.807, 2.05) is 0 Å². The van der Waals surface area contributed by atoms with Crippen molar-refractivity contribution >= 4 is 29.2 Å². The summed E-state index contributed by atoms with van der Waals surface area (Å²) in [4.78, 5) is 24.0. The van der Waals surface area contributed by atoms with E-state index in [0.29, 0.717) is 22.0 Å². The Balaban J connectivity index is 1.58. The van der Waals surface area contributed by atoms with Crippen LogP contribution in [-0.2, 0) is 14.3 Å². The van der Waals surface area contributed by atoms with Crippen LogP contribution < -0.4 is 10.1 Å². The minimum atomic E-state index is -0.760. The Bertz CT molecular complexity index is 811. The average Bonchev–Trinajstić information content (AvgIpc) is 2.58. The molecule has 0 saturated carbocycles. The van der Waals surface area contributed by atoms with Crippen LogP contribution in [0.2, 0.25) is 5.02 Å². The molecule has 130 valence electrons. The largest absolute Gasteiger partial charge is 0.488 e. The van der Waals surface area contributed by atoms with Crippen LogP contribution >= 0.6 is 11.6 Å². The zero-order valence-corrected chi connectivity index (χ0v) is 13.9. The molecule has 3 rings (SSSR count). The molecule has 0 saturated heterocycles. The number of fused-ring (bicyclic) bond motifs is 1. The summed E-state index contributed by atoms with van der Waals surface area (Å²) in [5.74, 6) is -1.65. The molecule has 0 aromatic heterocycles. The van der Waals surface area contributed by atoms with Gasteiger partial charge in [-0.2, -0.15) is 0 Å². The number of halogens is 2. The molecule has 25 heavy (non-hydrogen) atoms. The van der Waals surface area contributed by atoms with Gasteiger partial charge in [0.2, 0.25) is 5.91 Å². The Kier molecular flexibility index (Phi) is 5.19. The van der Waals surface area contributed by atoms with Gasteiger partial charge in [-0.3, -0.25) is 9.59 Å². The van der Waals surface area contributed by atoms with E-state index in [4.69, 9.17) is 21.1 Å². The lowest BCUT2D eigenvalue weighted by Gasteiger charge is -2.24. The summed E-state index contributed by atoms with van der Waals surface area (Å²) in [7, 11) is 0. The van der Waals surface area contributed by atoms with E-state index in [1.54, 1.807) is 24.3 Å². The lowest BCUT2D eigenvalue weighted by Crippen LogP contribution is -2.29. The van der Waals surface area contributed by atoms with Crippen molar-refractivity contribution in [2.24, 2.45) is 0 Å². The van der Waals surface area contributed by atoms with E-state index in [0.717, 1.165) is 0 Å².